The zero-order valence-corrected chi connectivity index (χ0v) is 21.6. The van der Waals surface area contributed by atoms with Crippen LogP contribution in [0.3, 0.4) is 0 Å². The maximum atomic E-state index is 13.7. The number of nitrogens with zero attached hydrogens (tertiary/aromatic N) is 4. The van der Waals surface area contributed by atoms with Crippen molar-refractivity contribution >= 4 is 11.6 Å². The van der Waals surface area contributed by atoms with E-state index in [1.165, 1.54) is 4.52 Å². The molecule has 0 radical (unpaired) electrons. The Bertz CT molecular complexity index is 1810. The topological polar surface area (TPSA) is 118 Å². The molecule has 0 spiro atoms. The fraction of sp³-hybridized carbons (Fsp3) is 0.241. The van der Waals surface area contributed by atoms with E-state index in [9.17, 15) is 9.59 Å². The number of carbonyl (C=O) groups is 1. The molecule has 1 aliphatic heterocycles. The zero-order chi connectivity index (χ0) is 26.7. The Labute approximate surface area is 223 Å². The van der Waals surface area contributed by atoms with E-state index in [0.29, 0.717) is 36.3 Å². The lowest BCUT2D eigenvalue weighted by Gasteiger charge is -2.28. The molecule has 1 aliphatic carbocycles. The quantitative estimate of drug-likeness (QED) is 0.374. The molecule has 4 heterocycles. The fourth-order valence-corrected chi connectivity index (χ4v) is 5.63. The van der Waals surface area contributed by atoms with Gasteiger partial charge >= 0.3 is 0 Å². The molecule has 0 saturated carbocycles. The minimum atomic E-state index is -0.193. The van der Waals surface area contributed by atoms with Crippen LogP contribution in [-0.2, 0) is 25.8 Å². The van der Waals surface area contributed by atoms with Crippen molar-refractivity contribution in [3.8, 4) is 34.0 Å². The number of carbonyl (C=O) groups excluding carboxylic acids is 1. The van der Waals surface area contributed by atoms with Gasteiger partial charge in [0, 0.05) is 30.2 Å². The van der Waals surface area contributed by atoms with Crippen LogP contribution in [0.1, 0.15) is 32.9 Å². The minimum Gasteiger partial charge on any atom is -0.497 e. The van der Waals surface area contributed by atoms with Crippen molar-refractivity contribution in [3.05, 3.63) is 87.0 Å². The summed E-state index contributed by atoms with van der Waals surface area (Å²) in [6.45, 7) is 0.674. The maximum absolute atomic E-state index is 13.7. The highest BCUT2D eigenvalue weighted by Gasteiger charge is 2.31. The van der Waals surface area contributed by atoms with E-state index in [-0.39, 0.29) is 18.0 Å². The molecule has 3 aromatic heterocycles. The first-order valence-corrected chi connectivity index (χ1v) is 12.9. The third-order valence-electron chi connectivity index (χ3n) is 7.74. The van der Waals surface area contributed by atoms with Gasteiger partial charge in [0.2, 0.25) is 0 Å². The van der Waals surface area contributed by atoms with Crippen LogP contribution < -0.4 is 15.0 Å². The highest BCUT2D eigenvalue weighted by atomic mass is 16.5. The third kappa shape index (κ3) is 3.70. The van der Waals surface area contributed by atoms with Gasteiger partial charge in [-0.2, -0.15) is 5.10 Å². The predicted octanol–water partition coefficient (Wildman–Crippen LogP) is 3.39. The van der Waals surface area contributed by atoms with Crippen molar-refractivity contribution in [2.24, 2.45) is 0 Å². The first-order chi connectivity index (χ1) is 19.0. The molecule has 0 bridgehead atoms. The molecule has 39 heavy (non-hydrogen) atoms. The number of rotatable bonds is 4. The van der Waals surface area contributed by atoms with Crippen LogP contribution in [-0.4, -0.2) is 56.4 Å². The number of aromatic amines is 2. The molecule has 2 aromatic carbocycles. The van der Waals surface area contributed by atoms with Crippen molar-refractivity contribution in [1.29, 1.82) is 0 Å². The molecule has 2 aliphatic rings. The van der Waals surface area contributed by atoms with Gasteiger partial charge in [0.1, 0.15) is 17.2 Å². The standard InChI is InChI=1S/C29H26N6O4/c1-38-18-6-3-16(4-7-18)24-14-25-30-23-11-12-34(15-22(23)28(36)35(25)33-24)29(37)27-21-9-5-17-13-19(39-2)8-10-20(17)26(21)31-32-27/h3-4,6-8,10,13-14,33H,5,9,11-12,15H2,1-2H3,(H,31,32). The minimum absolute atomic E-state index is 0.152. The van der Waals surface area contributed by atoms with Crippen LogP contribution in [0.5, 0.6) is 11.5 Å². The average Bonchev–Trinajstić information content (AvgIpc) is 3.61. The summed E-state index contributed by atoms with van der Waals surface area (Å²) in [4.78, 5) is 33.6. The number of benzene rings is 2. The second kappa shape index (κ2) is 8.87. The summed E-state index contributed by atoms with van der Waals surface area (Å²) in [6.07, 6.45) is 2.02. The molecule has 10 heteroatoms. The summed E-state index contributed by atoms with van der Waals surface area (Å²) in [5.41, 5.74) is 7.71. The van der Waals surface area contributed by atoms with Gasteiger partial charge in [-0.25, -0.2) is 9.50 Å². The Morgan fingerprint density at radius 1 is 0.949 bits per heavy atom. The number of H-pyrrole nitrogens is 2. The Hall–Kier alpha value is -4.86. The molecule has 10 nitrogen and oxygen atoms in total. The number of methoxy groups -OCH3 is 2. The van der Waals surface area contributed by atoms with Gasteiger partial charge in [-0.15, -0.1) is 0 Å². The maximum Gasteiger partial charge on any atom is 0.277 e. The first kappa shape index (κ1) is 23.3. The first-order valence-electron chi connectivity index (χ1n) is 12.9. The molecule has 2 N–H and O–H groups in total. The number of hydrogen-bond acceptors (Lipinski definition) is 6. The van der Waals surface area contributed by atoms with Crippen LogP contribution in [0.4, 0.5) is 0 Å². The van der Waals surface area contributed by atoms with E-state index in [2.05, 4.69) is 15.3 Å². The van der Waals surface area contributed by atoms with Crippen LogP contribution >= 0.6 is 0 Å². The summed E-state index contributed by atoms with van der Waals surface area (Å²) in [6, 6.07) is 15.4. The Morgan fingerprint density at radius 2 is 1.74 bits per heavy atom. The van der Waals surface area contributed by atoms with Gasteiger partial charge in [-0.05, 0) is 66.4 Å². The van der Waals surface area contributed by atoms with E-state index in [1.807, 2.05) is 48.5 Å². The lowest BCUT2D eigenvalue weighted by atomic mass is 9.88. The number of aryl methyl sites for hydroxylation is 1. The fourth-order valence-electron chi connectivity index (χ4n) is 5.63. The molecular formula is C29H26N6O4. The van der Waals surface area contributed by atoms with E-state index in [4.69, 9.17) is 14.5 Å². The third-order valence-corrected chi connectivity index (χ3v) is 7.74. The number of amides is 1. The molecule has 0 atom stereocenters. The number of aromatic nitrogens is 5. The molecule has 0 unspecified atom stereocenters. The van der Waals surface area contributed by atoms with Crippen LogP contribution in [0.25, 0.3) is 28.2 Å². The molecule has 7 rings (SSSR count). The zero-order valence-electron chi connectivity index (χ0n) is 21.6. The summed E-state index contributed by atoms with van der Waals surface area (Å²) in [5, 5.41) is 10.7. The van der Waals surface area contributed by atoms with Crippen LogP contribution in [0.2, 0.25) is 0 Å². The van der Waals surface area contributed by atoms with E-state index >= 15 is 0 Å². The van der Waals surface area contributed by atoms with Crippen molar-refractivity contribution in [2.75, 3.05) is 20.8 Å². The SMILES string of the molecule is COc1ccc(-c2cc3nc4c(c(=O)n3[nH]2)CN(C(=O)c2[nH]nc3c2CCc2cc(OC)ccc2-3)CC4)cc1. The van der Waals surface area contributed by atoms with E-state index in [1.54, 1.807) is 19.1 Å². The largest absolute Gasteiger partial charge is 0.497 e. The van der Waals surface area contributed by atoms with Crippen LogP contribution in [0, 0.1) is 0 Å². The summed E-state index contributed by atoms with van der Waals surface area (Å²) < 4.78 is 12.1. The van der Waals surface area contributed by atoms with Gasteiger partial charge in [0.05, 0.1) is 43.4 Å². The summed E-state index contributed by atoms with van der Waals surface area (Å²) in [7, 11) is 3.28. The van der Waals surface area contributed by atoms with Gasteiger partial charge in [-0.3, -0.25) is 19.8 Å². The predicted molar refractivity (Wildman–Crippen MR) is 144 cm³/mol. The monoisotopic (exact) mass is 522 g/mol. The lowest BCUT2D eigenvalue weighted by Crippen LogP contribution is -2.40. The van der Waals surface area contributed by atoms with Crippen molar-refractivity contribution in [2.45, 2.75) is 25.8 Å². The summed E-state index contributed by atoms with van der Waals surface area (Å²) in [5.74, 6) is 1.41. The number of fused-ring (bicyclic) bond motifs is 5. The number of hydrogen-bond donors (Lipinski definition) is 2. The van der Waals surface area contributed by atoms with Gasteiger partial charge < -0.3 is 14.4 Å². The molecular weight excluding hydrogens is 496 g/mol. The molecule has 0 saturated heterocycles. The van der Waals surface area contributed by atoms with Crippen molar-refractivity contribution in [1.82, 2.24) is 29.7 Å². The highest BCUT2D eigenvalue weighted by Crippen LogP contribution is 2.36. The average molecular weight is 523 g/mol. The van der Waals surface area contributed by atoms with Gasteiger partial charge in [-0.1, -0.05) is 0 Å². The van der Waals surface area contributed by atoms with E-state index < -0.39 is 0 Å². The number of nitrogens with one attached hydrogen (secondary N) is 2. The number of ether oxygens (including phenoxy) is 2. The van der Waals surface area contributed by atoms with Crippen molar-refractivity contribution in [3.63, 3.8) is 0 Å². The highest BCUT2D eigenvalue weighted by molar-refractivity contribution is 5.96. The molecule has 0 fully saturated rings. The van der Waals surface area contributed by atoms with Gasteiger partial charge in [0.15, 0.2) is 5.65 Å². The Balaban J connectivity index is 1.19. The van der Waals surface area contributed by atoms with Gasteiger partial charge in [0.25, 0.3) is 11.5 Å². The van der Waals surface area contributed by atoms with E-state index in [0.717, 1.165) is 57.3 Å². The Morgan fingerprint density at radius 3 is 2.54 bits per heavy atom. The second-order valence-corrected chi connectivity index (χ2v) is 9.86. The summed E-state index contributed by atoms with van der Waals surface area (Å²) >= 11 is 0. The molecule has 196 valence electrons. The molecule has 5 aromatic rings. The smallest absolute Gasteiger partial charge is 0.277 e. The Kier molecular flexibility index (Phi) is 5.29. The second-order valence-electron chi connectivity index (χ2n) is 9.86. The molecule has 1 amide bonds. The van der Waals surface area contributed by atoms with Crippen LogP contribution in [0.15, 0.2) is 53.3 Å². The van der Waals surface area contributed by atoms with Crippen molar-refractivity contribution < 1.29 is 14.3 Å². The lowest BCUT2D eigenvalue weighted by molar-refractivity contribution is 0.0725. The normalized spacial score (nSPS) is 14.1.